The lowest BCUT2D eigenvalue weighted by molar-refractivity contribution is -0.176. The number of thiophene rings is 1. The monoisotopic (exact) mass is 412 g/mol. The van der Waals surface area contributed by atoms with Crippen LogP contribution in [0.15, 0.2) is 46.2 Å². The molecule has 0 spiro atoms. The zero-order chi connectivity index (χ0) is 20.1. The van der Waals surface area contributed by atoms with E-state index < -0.39 is 24.9 Å². The zero-order valence-electron chi connectivity index (χ0n) is 14.6. The van der Waals surface area contributed by atoms with Crippen LogP contribution in [0.2, 0.25) is 0 Å². The molecule has 0 aliphatic rings. The van der Waals surface area contributed by atoms with E-state index in [1.165, 1.54) is 35.6 Å². The van der Waals surface area contributed by atoms with E-state index in [0.29, 0.717) is 11.5 Å². The molecule has 0 radical (unpaired) electrons. The molecule has 2 heterocycles. The highest BCUT2D eigenvalue weighted by molar-refractivity contribution is 7.13. The van der Waals surface area contributed by atoms with Gasteiger partial charge in [-0.3, -0.25) is 0 Å². The molecule has 1 aromatic carbocycles. The molecule has 0 fully saturated rings. The SMILES string of the molecule is CC(OC(=O)c1ccc(COCC(F)(F)F)cc1)c1nnc(-c2cccs2)o1. The first-order valence-corrected chi connectivity index (χ1v) is 9.01. The van der Waals surface area contributed by atoms with Crippen molar-refractivity contribution in [2.45, 2.75) is 25.8 Å². The molecule has 0 amide bonds. The lowest BCUT2D eigenvalue weighted by Gasteiger charge is -2.10. The van der Waals surface area contributed by atoms with Gasteiger partial charge in [-0.1, -0.05) is 18.2 Å². The summed E-state index contributed by atoms with van der Waals surface area (Å²) in [6.07, 6.45) is -5.14. The van der Waals surface area contributed by atoms with Crippen molar-refractivity contribution < 1.29 is 31.9 Å². The standard InChI is InChI=1S/C18H15F3N2O4S/c1-11(15-22-23-16(27-15)14-3-2-8-28-14)26-17(24)13-6-4-12(5-7-13)9-25-10-18(19,20)21/h2-8,11H,9-10H2,1H3. The molecule has 6 nitrogen and oxygen atoms in total. The minimum Gasteiger partial charge on any atom is -0.449 e. The van der Waals surface area contributed by atoms with Crippen LogP contribution in [0.25, 0.3) is 10.8 Å². The molecule has 0 bridgehead atoms. The summed E-state index contributed by atoms with van der Waals surface area (Å²) in [4.78, 5) is 13.0. The van der Waals surface area contributed by atoms with Crippen molar-refractivity contribution in [3.8, 4) is 10.8 Å². The number of nitrogens with zero attached hydrogens (tertiary/aromatic N) is 2. The van der Waals surface area contributed by atoms with E-state index in [0.717, 1.165) is 4.88 Å². The minimum absolute atomic E-state index is 0.161. The quantitative estimate of drug-likeness (QED) is 0.519. The van der Waals surface area contributed by atoms with E-state index in [9.17, 15) is 18.0 Å². The molecule has 10 heteroatoms. The van der Waals surface area contributed by atoms with E-state index >= 15 is 0 Å². The summed E-state index contributed by atoms with van der Waals surface area (Å²) in [5.41, 5.74) is 0.746. The smallest absolute Gasteiger partial charge is 0.411 e. The Morgan fingerprint density at radius 3 is 2.61 bits per heavy atom. The number of carbonyl (C=O) groups is 1. The van der Waals surface area contributed by atoms with Crippen LogP contribution in [0.5, 0.6) is 0 Å². The van der Waals surface area contributed by atoms with Gasteiger partial charge in [0.15, 0.2) is 6.10 Å². The van der Waals surface area contributed by atoms with E-state index in [1.54, 1.807) is 6.92 Å². The molecule has 1 atom stereocenters. The maximum atomic E-state index is 12.2. The molecule has 0 saturated carbocycles. The van der Waals surface area contributed by atoms with Crippen molar-refractivity contribution >= 4 is 17.3 Å². The van der Waals surface area contributed by atoms with Crippen LogP contribution in [0.1, 0.15) is 34.8 Å². The number of hydrogen-bond donors (Lipinski definition) is 0. The number of aromatic nitrogens is 2. The Hall–Kier alpha value is -2.72. The lowest BCUT2D eigenvalue weighted by atomic mass is 10.1. The summed E-state index contributed by atoms with van der Waals surface area (Å²) in [5.74, 6) is -0.115. The molecular weight excluding hydrogens is 397 g/mol. The largest absolute Gasteiger partial charge is 0.449 e. The molecule has 0 N–H and O–H groups in total. The number of hydrogen-bond acceptors (Lipinski definition) is 7. The summed E-state index contributed by atoms with van der Waals surface area (Å²) in [6, 6.07) is 9.58. The number of ether oxygens (including phenoxy) is 2. The third-order valence-electron chi connectivity index (χ3n) is 3.53. The van der Waals surface area contributed by atoms with Crippen molar-refractivity contribution in [2.24, 2.45) is 0 Å². The van der Waals surface area contributed by atoms with Crippen molar-refractivity contribution in [1.29, 1.82) is 0 Å². The van der Waals surface area contributed by atoms with Crippen LogP contribution in [-0.4, -0.2) is 28.9 Å². The van der Waals surface area contributed by atoms with Crippen LogP contribution in [0, 0.1) is 0 Å². The van der Waals surface area contributed by atoms with Gasteiger partial charge in [-0.2, -0.15) is 13.2 Å². The second-order valence-electron chi connectivity index (χ2n) is 5.78. The van der Waals surface area contributed by atoms with Gasteiger partial charge in [0, 0.05) is 0 Å². The van der Waals surface area contributed by atoms with Crippen molar-refractivity contribution in [3.63, 3.8) is 0 Å². The molecule has 28 heavy (non-hydrogen) atoms. The first kappa shape index (κ1) is 20.0. The van der Waals surface area contributed by atoms with Gasteiger partial charge in [0.25, 0.3) is 11.8 Å². The Kier molecular flexibility index (Phi) is 6.10. The fourth-order valence-electron chi connectivity index (χ4n) is 2.20. The Balaban J connectivity index is 1.55. The number of halogens is 3. The maximum Gasteiger partial charge on any atom is 0.411 e. The number of carbonyl (C=O) groups excluding carboxylic acids is 1. The normalized spacial score (nSPS) is 12.7. The summed E-state index contributed by atoms with van der Waals surface area (Å²) in [6.45, 7) is 0.0631. The van der Waals surface area contributed by atoms with Gasteiger partial charge in [-0.15, -0.1) is 21.5 Å². The minimum atomic E-state index is -4.38. The van der Waals surface area contributed by atoms with Crippen molar-refractivity contribution in [3.05, 3.63) is 58.8 Å². The van der Waals surface area contributed by atoms with E-state index in [1.807, 2.05) is 17.5 Å². The summed E-state index contributed by atoms with van der Waals surface area (Å²) >= 11 is 1.44. The Labute approximate surface area is 161 Å². The van der Waals surface area contributed by atoms with Gasteiger partial charge < -0.3 is 13.9 Å². The van der Waals surface area contributed by atoms with Gasteiger partial charge in [0.2, 0.25) is 0 Å². The third-order valence-corrected chi connectivity index (χ3v) is 4.39. The van der Waals surface area contributed by atoms with Gasteiger partial charge in [-0.25, -0.2) is 4.79 Å². The highest BCUT2D eigenvalue weighted by atomic mass is 32.1. The average molecular weight is 412 g/mol. The van der Waals surface area contributed by atoms with Crippen molar-refractivity contribution in [2.75, 3.05) is 6.61 Å². The van der Waals surface area contributed by atoms with Gasteiger partial charge >= 0.3 is 12.1 Å². The lowest BCUT2D eigenvalue weighted by Crippen LogP contribution is -2.16. The molecule has 1 unspecified atom stereocenters. The van der Waals surface area contributed by atoms with Gasteiger partial charge in [-0.05, 0) is 36.1 Å². The van der Waals surface area contributed by atoms with Crippen LogP contribution in [-0.2, 0) is 16.1 Å². The number of esters is 1. The van der Waals surface area contributed by atoms with E-state index in [2.05, 4.69) is 14.9 Å². The fraction of sp³-hybridized carbons (Fsp3) is 0.278. The molecule has 148 valence electrons. The second kappa shape index (κ2) is 8.53. The molecule has 0 aliphatic carbocycles. The number of benzene rings is 1. The molecule has 3 aromatic rings. The summed E-state index contributed by atoms with van der Waals surface area (Å²) < 4.78 is 51.6. The van der Waals surface area contributed by atoms with Gasteiger partial charge in [0.05, 0.1) is 17.0 Å². The van der Waals surface area contributed by atoms with Crippen LogP contribution in [0.4, 0.5) is 13.2 Å². The predicted octanol–water partition coefficient (Wildman–Crippen LogP) is 4.80. The molecular formula is C18H15F3N2O4S. The molecule has 0 saturated heterocycles. The highest BCUT2D eigenvalue weighted by Crippen LogP contribution is 2.26. The Morgan fingerprint density at radius 1 is 1.21 bits per heavy atom. The predicted molar refractivity (Wildman–Crippen MR) is 93.6 cm³/mol. The van der Waals surface area contributed by atoms with Crippen LogP contribution >= 0.6 is 11.3 Å². The topological polar surface area (TPSA) is 74.5 Å². The first-order chi connectivity index (χ1) is 13.3. The molecule has 3 rings (SSSR count). The third kappa shape index (κ3) is 5.40. The number of rotatable bonds is 7. The van der Waals surface area contributed by atoms with E-state index in [4.69, 9.17) is 9.15 Å². The Bertz CT molecular complexity index is 908. The summed E-state index contributed by atoms with van der Waals surface area (Å²) in [7, 11) is 0. The van der Waals surface area contributed by atoms with Gasteiger partial charge in [0.1, 0.15) is 6.61 Å². The van der Waals surface area contributed by atoms with Crippen LogP contribution < -0.4 is 0 Å². The Morgan fingerprint density at radius 2 is 1.96 bits per heavy atom. The second-order valence-corrected chi connectivity index (χ2v) is 6.72. The summed E-state index contributed by atoms with van der Waals surface area (Å²) in [5, 5.41) is 9.69. The number of alkyl halides is 3. The van der Waals surface area contributed by atoms with E-state index in [-0.39, 0.29) is 18.1 Å². The zero-order valence-corrected chi connectivity index (χ0v) is 15.4. The average Bonchev–Trinajstić information content (AvgIpc) is 3.32. The first-order valence-electron chi connectivity index (χ1n) is 8.13. The fourth-order valence-corrected chi connectivity index (χ4v) is 2.84. The molecule has 2 aromatic heterocycles. The van der Waals surface area contributed by atoms with Crippen LogP contribution in [0.3, 0.4) is 0 Å². The van der Waals surface area contributed by atoms with Crippen molar-refractivity contribution in [1.82, 2.24) is 10.2 Å². The molecule has 0 aliphatic heterocycles. The maximum absolute atomic E-state index is 12.2. The highest BCUT2D eigenvalue weighted by Gasteiger charge is 2.27.